The Morgan fingerprint density at radius 3 is 2.60 bits per heavy atom. The van der Waals surface area contributed by atoms with Crippen molar-refractivity contribution in [1.29, 1.82) is 0 Å². The number of benzene rings is 1. The molecule has 0 radical (unpaired) electrons. The first-order valence-electron chi connectivity index (χ1n) is 9.07. The lowest BCUT2D eigenvalue weighted by molar-refractivity contribution is 0.0523. The van der Waals surface area contributed by atoms with Crippen molar-refractivity contribution < 1.29 is 9.53 Å². The number of halogens is 2. The van der Waals surface area contributed by atoms with Gasteiger partial charge in [0.1, 0.15) is 16.3 Å². The van der Waals surface area contributed by atoms with Crippen LogP contribution in [0.4, 0.5) is 4.79 Å². The summed E-state index contributed by atoms with van der Waals surface area (Å²) in [7, 11) is 0. The van der Waals surface area contributed by atoms with Gasteiger partial charge >= 0.3 is 6.09 Å². The molecule has 0 aliphatic heterocycles. The highest BCUT2D eigenvalue weighted by Crippen LogP contribution is 2.34. The Kier molecular flexibility index (Phi) is 6.21. The highest BCUT2D eigenvalue weighted by atomic mass is 35.5. The van der Waals surface area contributed by atoms with E-state index in [9.17, 15) is 4.79 Å². The first-order chi connectivity index (χ1) is 14.0. The van der Waals surface area contributed by atoms with E-state index in [1.165, 1.54) is 0 Å². The average molecular weight is 466 g/mol. The van der Waals surface area contributed by atoms with Gasteiger partial charge in [0.15, 0.2) is 0 Å². The van der Waals surface area contributed by atoms with Gasteiger partial charge in [-0.1, -0.05) is 35.4 Å². The number of carbonyl (C=O) groups is 1. The number of thiocarbonyl (C=S) groups is 1. The van der Waals surface area contributed by atoms with Crippen LogP contribution in [0.5, 0.6) is 0 Å². The van der Waals surface area contributed by atoms with Crippen molar-refractivity contribution in [3.8, 4) is 11.3 Å². The van der Waals surface area contributed by atoms with Crippen molar-refractivity contribution in [1.82, 2.24) is 19.7 Å². The van der Waals surface area contributed by atoms with Crippen LogP contribution in [0.3, 0.4) is 0 Å². The van der Waals surface area contributed by atoms with Crippen LogP contribution in [0.25, 0.3) is 17.0 Å². The molecule has 3 N–H and O–H groups in total. The van der Waals surface area contributed by atoms with Gasteiger partial charge in [0, 0.05) is 28.0 Å². The molecule has 10 heteroatoms. The molecule has 0 spiro atoms. The van der Waals surface area contributed by atoms with Gasteiger partial charge in [-0.05, 0) is 45.9 Å². The van der Waals surface area contributed by atoms with Crippen molar-refractivity contribution in [3.05, 3.63) is 51.4 Å². The Hall–Kier alpha value is -2.42. The average Bonchev–Trinajstić information content (AvgIpc) is 3.02. The Balaban J connectivity index is 2.16. The number of amides is 1. The van der Waals surface area contributed by atoms with Crippen LogP contribution in [0, 0.1) is 6.92 Å². The third-order valence-electron chi connectivity index (χ3n) is 4.17. The Morgan fingerprint density at radius 2 is 2.00 bits per heavy atom. The lowest BCUT2D eigenvalue weighted by Crippen LogP contribution is -2.32. The molecule has 158 valence electrons. The van der Waals surface area contributed by atoms with Crippen LogP contribution < -0.4 is 11.1 Å². The summed E-state index contributed by atoms with van der Waals surface area (Å²) in [4.78, 5) is 21.3. The van der Waals surface area contributed by atoms with E-state index in [-0.39, 0.29) is 11.5 Å². The number of ether oxygens (including phenoxy) is 1. The van der Waals surface area contributed by atoms with Crippen LogP contribution in [0.15, 0.2) is 24.4 Å². The molecule has 3 rings (SSSR count). The second-order valence-corrected chi connectivity index (χ2v) is 8.95. The summed E-state index contributed by atoms with van der Waals surface area (Å²) in [5, 5.41) is 3.73. The van der Waals surface area contributed by atoms with Gasteiger partial charge in [-0.25, -0.2) is 14.8 Å². The molecule has 0 atom stereocenters. The molecule has 2 aromatic heterocycles. The highest BCUT2D eigenvalue weighted by molar-refractivity contribution is 7.80. The molecule has 7 nitrogen and oxygen atoms in total. The summed E-state index contributed by atoms with van der Waals surface area (Å²) >= 11 is 17.7. The summed E-state index contributed by atoms with van der Waals surface area (Å²) in [6.45, 7) is 7.39. The Bertz CT molecular complexity index is 1150. The molecule has 0 saturated carbocycles. The maximum Gasteiger partial charge on any atom is 0.407 e. The molecule has 0 unspecified atom stereocenters. The number of carbonyl (C=O) groups excluding carboxylic acids is 1. The van der Waals surface area contributed by atoms with E-state index in [0.717, 1.165) is 5.56 Å². The number of nitrogens with two attached hydrogens (primary N) is 1. The van der Waals surface area contributed by atoms with E-state index in [2.05, 4.69) is 15.3 Å². The standard InChI is InChI=1S/C20H21Cl2N5O2S/c1-10-13(8-24-19(28)29-20(2,3)4)16(12-6-5-11(21)7-14(12)22)27-9-15(17(23)30)26-18(27)25-10/h5-7,9H,8H2,1-4H3,(H2,23,30)(H,24,28). The number of nitrogens with one attached hydrogen (secondary N) is 1. The summed E-state index contributed by atoms with van der Waals surface area (Å²) in [6, 6.07) is 5.19. The number of fused-ring (bicyclic) bond motifs is 1. The lowest BCUT2D eigenvalue weighted by atomic mass is 10.0. The lowest BCUT2D eigenvalue weighted by Gasteiger charge is -2.21. The zero-order chi connectivity index (χ0) is 22.2. The molecule has 30 heavy (non-hydrogen) atoms. The van der Waals surface area contributed by atoms with Crippen molar-refractivity contribution in [2.24, 2.45) is 5.73 Å². The monoisotopic (exact) mass is 465 g/mol. The molecule has 1 aromatic carbocycles. The first kappa shape index (κ1) is 22.3. The largest absolute Gasteiger partial charge is 0.444 e. The van der Waals surface area contributed by atoms with Crippen LogP contribution in [0.2, 0.25) is 10.0 Å². The molecule has 1 amide bonds. The zero-order valence-corrected chi connectivity index (χ0v) is 19.2. The van der Waals surface area contributed by atoms with Gasteiger partial charge < -0.3 is 15.8 Å². The smallest absolute Gasteiger partial charge is 0.407 e. The predicted octanol–water partition coefficient (Wildman–Crippen LogP) is 4.67. The molecule has 0 aliphatic rings. The maximum absolute atomic E-state index is 12.2. The van der Waals surface area contributed by atoms with Gasteiger partial charge in [-0.2, -0.15) is 0 Å². The summed E-state index contributed by atoms with van der Waals surface area (Å²) < 4.78 is 7.09. The van der Waals surface area contributed by atoms with E-state index < -0.39 is 11.7 Å². The van der Waals surface area contributed by atoms with Crippen molar-refractivity contribution >= 4 is 52.3 Å². The maximum atomic E-state index is 12.2. The second kappa shape index (κ2) is 8.37. The number of aryl methyl sites for hydroxylation is 1. The van der Waals surface area contributed by atoms with E-state index in [1.54, 1.807) is 49.6 Å². The van der Waals surface area contributed by atoms with E-state index >= 15 is 0 Å². The second-order valence-electron chi connectivity index (χ2n) is 7.66. The van der Waals surface area contributed by atoms with Gasteiger partial charge in [0.05, 0.1) is 17.3 Å². The van der Waals surface area contributed by atoms with Gasteiger partial charge in [0.25, 0.3) is 0 Å². The number of hydrogen-bond donors (Lipinski definition) is 2. The Morgan fingerprint density at radius 1 is 1.30 bits per heavy atom. The molecule has 2 heterocycles. The third-order valence-corrected chi connectivity index (χ3v) is 4.92. The van der Waals surface area contributed by atoms with E-state index in [1.807, 2.05) is 6.92 Å². The fourth-order valence-corrected chi connectivity index (χ4v) is 3.52. The normalized spacial score (nSPS) is 11.5. The van der Waals surface area contributed by atoms with Gasteiger partial charge in [-0.15, -0.1) is 0 Å². The number of rotatable bonds is 4. The van der Waals surface area contributed by atoms with Crippen LogP contribution in [-0.2, 0) is 11.3 Å². The van der Waals surface area contributed by atoms with Crippen molar-refractivity contribution in [2.45, 2.75) is 39.8 Å². The van der Waals surface area contributed by atoms with Gasteiger partial charge in [-0.3, -0.25) is 4.40 Å². The molecule has 0 saturated heterocycles. The molecule has 3 aromatic rings. The zero-order valence-electron chi connectivity index (χ0n) is 16.9. The number of imidazole rings is 1. The van der Waals surface area contributed by atoms with Crippen molar-refractivity contribution in [2.75, 3.05) is 0 Å². The third kappa shape index (κ3) is 4.83. The van der Waals surface area contributed by atoms with Crippen LogP contribution >= 0.6 is 35.4 Å². The molecular weight excluding hydrogens is 445 g/mol. The summed E-state index contributed by atoms with van der Waals surface area (Å²) in [6.07, 6.45) is 1.16. The Labute approximate surface area is 189 Å². The fraction of sp³-hybridized carbons (Fsp3) is 0.300. The summed E-state index contributed by atoms with van der Waals surface area (Å²) in [5.41, 5.74) is 8.38. The molecule has 0 bridgehead atoms. The minimum absolute atomic E-state index is 0.153. The minimum atomic E-state index is -0.611. The number of hydrogen-bond acceptors (Lipinski definition) is 5. The molecule has 0 aliphatic carbocycles. The van der Waals surface area contributed by atoms with E-state index in [0.29, 0.717) is 38.5 Å². The minimum Gasteiger partial charge on any atom is -0.444 e. The number of alkyl carbamates (subject to hydrolysis) is 1. The molecule has 0 fully saturated rings. The number of nitrogens with zero attached hydrogens (tertiary/aromatic N) is 3. The quantitative estimate of drug-likeness (QED) is 0.543. The van der Waals surface area contributed by atoms with Crippen LogP contribution in [-0.4, -0.2) is 31.1 Å². The fourth-order valence-electron chi connectivity index (χ4n) is 2.93. The van der Waals surface area contributed by atoms with Crippen LogP contribution in [0.1, 0.15) is 37.7 Å². The van der Waals surface area contributed by atoms with Gasteiger partial charge in [0.2, 0.25) is 5.78 Å². The molecular formula is C20H21Cl2N5O2S. The number of aromatic nitrogens is 3. The summed E-state index contributed by atoms with van der Waals surface area (Å²) in [5.74, 6) is 0.414. The highest BCUT2D eigenvalue weighted by Gasteiger charge is 2.21. The SMILES string of the molecule is Cc1nc2nc(C(N)=S)cn2c(-c2ccc(Cl)cc2Cl)c1CNC(=O)OC(C)(C)C. The van der Waals surface area contributed by atoms with E-state index in [4.69, 9.17) is 45.9 Å². The topological polar surface area (TPSA) is 94.5 Å². The first-order valence-corrected chi connectivity index (χ1v) is 10.2. The predicted molar refractivity (Wildman–Crippen MR) is 122 cm³/mol. The van der Waals surface area contributed by atoms with Crippen molar-refractivity contribution in [3.63, 3.8) is 0 Å².